The van der Waals surface area contributed by atoms with Crippen molar-refractivity contribution in [2.24, 2.45) is 4.99 Å². The maximum atomic E-state index is 13.7. The molecule has 0 saturated carbocycles. The number of thiophene rings is 1. The predicted octanol–water partition coefficient (Wildman–Crippen LogP) is 7.65. The number of carbonyl (C=O) groups excluding carboxylic acids is 2. The van der Waals surface area contributed by atoms with E-state index in [1.807, 2.05) is 24.3 Å². The molecule has 1 saturated heterocycles. The summed E-state index contributed by atoms with van der Waals surface area (Å²) in [5.41, 5.74) is 1.36. The summed E-state index contributed by atoms with van der Waals surface area (Å²) in [5, 5.41) is 0.921. The number of ether oxygens (including phenoxy) is 2. The zero-order valence-corrected chi connectivity index (χ0v) is 28.7. The number of fused-ring (bicyclic) bond motifs is 2. The van der Waals surface area contributed by atoms with Gasteiger partial charge in [0.05, 0.1) is 16.6 Å². The molecule has 1 aromatic carbocycles. The van der Waals surface area contributed by atoms with Crippen molar-refractivity contribution in [2.75, 3.05) is 44.9 Å². The first-order valence-electron chi connectivity index (χ1n) is 17.3. The van der Waals surface area contributed by atoms with Gasteiger partial charge in [0.25, 0.3) is 0 Å². The number of anilines is 1. The van der Waals surface area contributed by atoms with Crippen LogP contribution in [0.2, 0.25) is 0 Å². The number of likely N-dealkylation sites (N-methyl/N-ethyl adjacent to an activating group) is 1. The van der Waals surface area contributed by atoms with E-state index in [0.29, 0.717) is 17.8 Å². The molecule has 0 radical (unpaired) electrons. The van der Waals surface area contributed by atoms with Crippen LogP contribution < -0.4 is 14.8 Å². The number of carbonyl (C=O) groups is 2. The van der Waals surface area contributed by atoms with Crippen LogP contribution in [0.1, 0.15) is 108 Å². The molecule has 0 spiro atoms. The van der Waals surface area contributed by atoms with E-state index in [-0.39, 0.29) is 5.97 Å². The van der Waals surface area contributed by atoms with E-state index in [9.17, 15) is 9.59 Å². The maximum Gasteiger partial charge on any atom is 0.423 e. The summed E-state index contributed by atoms with van der Waals surface area (Å²) in [4.78, 5) is 38.4. The van der Waals surface area contributed by atoms with Gasteiger partial charge in [-0.3, -0.25) is 4.79 Å². The zero-order valence-electron chi connectivity index (χ0n) is 27.9. The molecule has 0 atom stereocenters. The minimum atomic E-state index is -0.576. The topological polar surface area (TPSA) is 74.7 Å². The first-order chi connectivity index (χ1) is 22.0. The number of hydrogen-bond acceptors (Lipinski definition) is 8. The molecule has 248 valence electrons. The Morgan fingerprint density at radius 3 is 2.07 bits per heavy atom. The Labute approximate surface area is 274 Å². The SMILES string of the molecule is CCCCCCCCCCCCCCCCC(=O)OCOC(=O)N1C(N2CCN(C)CC2)=c2cc(C)sc2=Nc2ccccc21. The number of piperazine rings is 1. The second-order valence-corrected chi connectivity index (χ2v) is 13.8. The van der Waals surface area contributed by atoms with Crippen LogP contribution in [0.3, 0.4) is 0 Å². The number of hydrogen-bond donors (Lipinski definition) is 0. The first-order valence-corrected chi connectivity index (χ1v) is 18.1. The van der Waals surface area contributed by atoms with Crippen LogP contribution in [-0.4, -0.2) is 61.9 Å². The Morgan fingerprint density at radius 2 is 1.42 bits per heavy atom. The fraction of sp³-hybridized carbons (Fsp3) is 0.639. The van der Waals surface area contributed by atoms with Gasteiger partial charge < -0.3 is 19.3 Å². The standard InChI is InChI=1S/C36H54N4O4S/c1-4-5-6-7-8-9-10-11-12-13-14-15-16-17-22-33(41)43-28-44-36(42)40-32-21-19-18-20-31(32)37-34-30(27-29(2)45-34)35(40)39-25-23-38(3)24-26-39/h18-21,27H,4-17,22-26,28H2,1-3H3. The summed E-state index contributed by atoms with van der Waals surface area (Å²) < 4.78 is 11.8. The number of unbranched alkanes of at least 4 members (excludes halogenated alkanes) is 13. The third-order valence-electron chi connectivity index (χ3n) is 8.76. The average molecular weight is 639 g/mol. The van der Waals surface area contributed by atoms with Crippen molar-refractivity contribution in [1.82, 2.24) is 9.80 Å². The van der Waals surface area contributed by atoms with Crippen LogP contribution >= 0.6 is 11.3 Å². The molecular weight excluding hydrogens is 584 g/mol. The molecule has 1 amide bonds. The van der Waals surface area contributed by atoms with Crippen LogP contribution in [0, 0.1) is 6.92 Å². The lowest BCUT2D eigenvalue weighted by molar-refractivity contribution is -0.151. The van der Waals surface area contributed by atoms with Crippen molar-refractivity contribution in [3.63, 3.8) is 0 Å². The Hall–Kier alpha value is -2.91. The first kappa shape index (κ1) is 35.0. The maximum absolute atomic E-state index is 13.7. The molecule has 45 heavy (non-hydrogen) atoms. The summed E-state index contributed by atoms with van der Waals surface area (Å²) in [6, 6.07) is 9.72. The Kier molecular flexibility index (Phi) is 14.7. The van der Waals surface area contributed by atoms with Crippen LogP contribution in [0.25, 0.3) is 5.82 Å². The molecule has 1 aromatic heterocycles. The molecule has 2 aliphatic heterocycles. The fourth-order valence-electron chi connectivity index (χ4n) is 6.10. The largest absolute Gasteiger partial charge is 0.428 e. The summed E-state index contributed by atoms with van der Waals surface area (Å²) in [6.07, 6.45) is 17.5. The van der Waals surface area contributed by atoms with Crippen LogP contribution in [0.5, 0.6) is 0 Å². The van der Waals surface area contributed by atoms with Gasteiger partial charge in [0, 0.05) is 37.5 Å². The number of esters is 1. The molecule has 8 nitrogen and oxygen atoms in total. The van der Waals surface area contributed by atoms with E-state index in [1.54, 1.807) is 16.2 Å². The van der Waals surface area contributed by atoms with E-state index < -0.39 is 12.9 Å². The third kappa shape index (κ3) is 10.8. The number of rotatable bonds is 18. The Morgan fingerprint density at radius 1 is 0.822 bits per heavy atom. The highest BCUT2D eigenvalue weighted by Gasteiger charge is 2.32. The van der Waals surface area contributed by atoms with Crippen LogP contribution in [0.4, 0.5) is 16.2 Å². The van der Waals surface area contributed by atoms with Crippen molar-refractivity contribution in [1.29, 1.82) is 0 Å². The monoisotopic (exact) mass is 638 g/mol. The Bertz CT molecular complexity index is 1330. The molecule has 0 aliphatic carbocycles. The third-order valence-corrected chi connectivity index (χ3v) is 9.70. The minimum absolute atomic E-state index is 0.327. The smallest absolute Gasteiger partial charge is 0.423 e. The molecule has 2 aromatic rings. The average Bonchev–Trinajstić information content (AvgIpc) is 3.33. The van der Waals surface area contributed by atoms with E-state index in [0.717, 1.165) is 66.0 Å². The molecule has 2 aliphatic rings. The van der Waals surface area contributed by atoms with E-state index in [4.69, 9.17) is 14.5 Å². The molecule has 9 heteroatoms. The highest BCUT2D eigenvalue weighted by atomic mass is 32.1. The molecule has 0 N–H and O–H groups in total. The van der Waals surface area contributed by atoms with E-state index in [2.05, 4.69) is 36.8 Å². The van der Waals surface area contributed by atoms with Gasteiger partial charge >= 0.3 is 12.1 Å². The van der Waals surface area contributed by atoms with Crippen molar-refractivity contribution < 1.29 is 19.1 Å². The molecule has 4 rings (SSSR count). The summed E-state index contributed by atoms with van der Waals surface area (Å²) >= 11 is 1.62. The second kappa shape index (κ2) is 18.9. The molecule has 3 heterocycles. The molecule has 0 bridgehead atoms. The van der Waals surface area contributed by atoms with Crippen LogP contribution in [0.15, 0.2) is 35.3 Å². The fourth-order valence-corrected chi connectivity index (χ4v) is 6.98. The quantitative estimate of drug-likeness (QED) is 0.0949. The Balaban J connectivity index is 1.21. The lowest BCUT2D eigenvalue weighted by atomic mass is 10.0. The summed E-state index contributed by atoms with van der Waals surface area (Å²) in [7, 11) is 2.11. The zero-order chi connectivity index (χ0) is 31.9. The molecule has 1 fully saturated rings. The normalized spacial score (nSPS) is 14.9. The number of nitrogens with zero attached hydrogens (tertiary/aromatic N) is 4. The highest BCUT2D eigenvalue weighted by molar-refractivity contribution is 7.09. The summed E-state index contributed by atoms with van der Waals surface area (Å²) in [5.74, 6) is 0.446. The van der Waals surface area contributed by atoms with Crippen molar-refractivity contribution >= 4 is 40.6 Å². The van der Waals surface area contributed by atoms with Gasteiger partial charge in [0.2, 0.25) is 6.79 Å². The van der Waals surface area contributed by atoms with Gasteiger partial charge in [-0.05, 0) is 38.6 Å². The predicted molar refractivity (Wildman–Crippen MR) is 183 cm³/mol. The van der Waals surface area contributed by atoms with Gasteiger partial charge in [0.1, 0.15) is 10.5 Å². The minimum Gasteiger partial charge on any atom is -0.428 e. The molecular formula is C36H54N4O4S. The molecule has 0 unspecified atom stereocenters. The van der Waals surface area contributed by atoms with Crippen molar-refractivity contribution in [3.05, 3.63) is 45.1 Å². The number of aryl methyl sites for hydroxylation is 1. The van der Waals surface area contributed by atoms with E-state index >= 15 is 0 Å². The van der Waals surface area contributed by atoms with Gasteiger partial charge in [-0.25, -0.2) is 14.7 Å². The number of para-hydroxylation sites is 2. The van der Waals surface area contributed by atoms with Gasteiger partial charge in [-0.15, -0.1) is 11.3 Å². The highest BCUT2D eigenvalue weighted by Crippen LogP contribution is 2.34. The number of benzene rings is 1. The van der Waals surface area contributed by atoms with Crippen molar-refractivity contribution in [3.8, 4) is 0 Å². The van der Waals surface area contributed by atoms with Gasteiger partial charge in [-0.1, -0.05) is 103 Å². The lowest BCUT2D eigenvalue weighted by Crippen LogP contribution is -2.51. The van der Waals surface area contributed by atoms with Crippen molar-refractivity contribution in [2.45, 2.75) is 110 Å². The van der Waals surface area contributed by atoms with Gasteiger partial charge in [-0.2, -0.15) is 0 Å². The van der Waals surface area contributed by atoms with Gasteiger partial charge in [0.15, 0.2) is 0 Å². The second-order valence-electron chi connectivity index (χ2n) is 12.5. The van der Waals surface area contributed by atoms with E-state index in [1.165, 1.54) is 70.6 Å². The number of amides is 1. The van der Waals surface area contributed by atoms with Crippen LogP contribution in [-0.2, 0) is 14.3 Å². The summed E-state index contributed by atoms with van der Waals surface area (Å²) in [6.45, 7) is 7.25. The lowest BCUT2D eigenvalue weighted by Gasteiger charge is -2.38.